The van der Waals surface area contributed by atoms with Crippen LogP contribution in [0.1, 0.15) is 18.4 Å². The molecule has 7 nitrogen and oxygen atoms in total. The Labute approximate surface area is 135 Å². The molecule has 1 spiro atoms. The SMILES string of the molecule is Cc1cnc(N2CC[C@]3(C[C@H](Nc4cnccn4)CO3)C2)nc1. The van der Waals surface area contributed by atoms with E-state index in [1.165, 1.54) is 0 Å². The van der Waals surface area contributed by atoms with Crippen LogP contribution in [0.15, 0.2) is 31.0 Å². The van der Waals surface area contributed by atoms with Crippen molar-refractivity contribution in [2.45, 2.75) is 31.4 Å². The first-order valence-corrected chi connectivity index (χ1v) is 7.93. The molecule has 7 heteroatoms. The van der Waals surface area contributed by atoms with Gasteiger partial charge in [0.2, 0.25) is 5.95 Å². The van der Waals surface area contributed by atoms with Gasteiger partial charge >= 0.3 is 0 Å². The Hall–Kier alpha value is -2.28. The summed E-state index contributed by atoms with van der Waals surface area (Å²) in [4.78, 5) is 19.4. The smallest absolute Gasteiger partial charge is 0.225 e. The molecule has 2 atom stereocenters. The standard InChI is InChI=1S/C16H20N6O/c1-12-7-19-15(20-8-12)22-5-2-16(11-22)6-13(10-23-16)21-14-9-17-3-4-18-14/h3-4,7-9,13H,2,5-6,10-11H2,1H3,(H,18,21)/t13-,16-/m0/s1. The van der Waals surface area contributed by atoms with Gasteiger partial charge in [-0.3, -0.25) is 4.98 Å². The fourth-order valence-electron chi connectivity index (χ4n) is 3.37. The molecule has 2 aliphatic heterocycles. The van der Waals surface area contributed by atoms with E-state index in [1.54, 1.807) is 18.6 Å². The van der Waals surface area contributed by atoms with E-state index in [4.69, 9.17) is 4.74 Å². The Bertz CT molecular complexity index is 664. The zero-order valence-electron chi connectivity index (χ0n) is 13.1. The van der Waals surface area contributed by atoms with Crippen LogP contribution in [0.5, 0.6) is 0 Å². The van der Waals surface area contributed by atoms with Crippen molar-refractivity contribution < 1.29 is 4.74 Å². The Morgan fingerprint density at radius 2 is 2.09 bits per heavy atom. The quantitative estimate of drug-likeness (QED) is 0.918. The summed E-state index contributed by atoms with van der Waals surface area (Å²) < 4.78 is 6.15. The third-order valence-corrected chi connectivity index (χ3v) is 4.49. The minimum atomic E-state index is -0.103. The van der Waals surface area contributed by atoms with E-state index < -0.39 is 0 Å². The number of nitrogens with one attached hydrogen (secondary N) is 1. The molecule has 23 heavy (non-hydrogen) atoms. The first-order valence-electron chi connectivity index (χ1n) is 7.93. The Morgan fingerprint density at radius 3 is 2.87 bits per heavy atom. The monoisotopic (exact) mass is 312 g/mol. The molecule has 0 bridgehead atoms. The van der Waals surface area contributed by atoms with E-state index in [1.807, 2.05) is 19.3 Å². The lowest BCUT2D eigenvalue weighted by Crippen LogP contribution is -2.34. The number of hydrogen-bond acceptors (Lipinski definition) is 7. The van der Waals surface area contributed by atoms with Crippen molar-refractivity contribution in [3.63, 3.8) is 0 Å². The van der Waals surface area contributed by atoms with Gasteiger partial charge in [0.25, 0.3) is 0 Å². The fraction of sp³-hybridized carbons (Fsp3) is 0.500. The summed E-state index contributed by atoms with van der Waals surface area (Å²) in [5, 5.41) is 3.41. The number of hydrogen-bond donors (Lipinski definition) is 1. The zero-order valence-corrected chi connectivity index (χ0v) is 13.1. The summed E-state index contributed by atoms with van der Waals surface area (Å²) in [5.41, 5.74) is 0.974. The first kappa shape index (κ1) is 14.3. The normalized spacial score (nSPS) is 26.8. The van der Waals surface area contributed by atoms with Gasteiger partial charge in [-0.25, -0.2) is 15.0 Å². The van der Waals surface area contributed by atoms with Crippen LogP contribution in [0.4, 0.5) is 11.8 Å². The number of rotatable bonds is 3. The van der Waals surface area contributed by atoms with E-state index >= 15 is 0 Å². The van der Waals surface area contributed by atoms with Crippen LogP contribution < -0.4 is 10.2 Å². The van der Waals surface area contributed by atoms with Crippen LogP contribution in [0.3, 0.4) is 0 Å². The summed E-state index contributed by atoms with van der Waals surface area (Å²) in [6.07, 6.45) is 10.8. The van der Waals surface area contributed by atoms with E-state index in [9.17, 15) is 0 Å². The second kappa shape index (κ2) is 5.73. The second-order valence-electron chi connectivity index (χ2n) is 6.36. The van der Waals surface area contributed by atoms with Gasteiger partial charge in [-0.2, -0.15) is 0 Å². The van der Waals surface area contributed by atoms with E-state index in [2.05, 4.69) is 30.2 Å². The van der Waals surface area contributed by atoms with Crippen LogP contribution >= 0.6 is 0 Å². The van der Waals surface area contributed by atoms with E-state index in [0.29, 0.717) is 6.61 Å². The highest BCUT2D eigenvalue weighted by Gasteiger charge is 2.46. The topological polar surface area (TPSA) is 76.1 Å². The summed E-state index contributed by atoms with van der Waals surface area (Å²) in [6, 6.07) is 0.269. The summed E-state index contributed by atoms with van der Waals surface area (Å²) in [5.74, 6) is 1.59. The van der Waals surface area contributed by atoms with Gasteiger partial charge in [0.15, 0.2) is 0 Å². The lowest BCUT2D eigenvalue weighted by molar-refractivity contribution is 0.0228. The van der Waals surface area contributed by atoms with Crippen LogP contribution in [0.2, 0.25) is 0 Å². The number of aryl methyl sites for hydroxylation is 1. The van der Waals surface area contributed by atoms with E-state index in [0.717, 1.165) is 43.3 Å². The lowest BCUT2D eigenvalue weighted by Gasteiger charge is -2.23. The minimum Gasteiger partial charge on any atom is -0.371 e. The molecule has 0 unspecified atom stereocenters. The molecule has 2 aromatic rings. The zero-order chi connectivity index (χ0) is 15.7. The molecule has 0 aliphatic carbocycles. The molecule has 2 saturated heterocycles. The third-order valence-electron chi connectivity index (χ3n) is 4.49. The predicted octanol–water partition coefficient (Wildman–Crippen LogP) is 1.42. The molecule has 0 radical (unpaired) electrons. The van der Waals surface area contributed by atoms with Gasteiger partial charge in [-0.05, 0) is 18.9 Å². The van der Waals surface area contributed by atoms with E-state index in [-0.39, 0.29) is 11.6 Å². The largest absolute Gasteiger partial charge is 0.371 e. The molecule has 4 heterocycles. The summed E-state index contributed by atoms with van der Waals surface area (Å²) in [6.45, 7) is 4.47. The summed E-state index contributed by atoms with van der Waals surface area (Å²) in [7, 11) is 0. The lowest BCUT2D eigenvalue weighted by atomic mass is 9.97. The molecule has 1 N–H and O–H groups in total. The van der Waals surface area contributed by atoms with Crippen molar-refractivity contribution in [1.82, 2.24) is 19.9 Å². The van der Waals surface area contributed by atoms with Crippen molar-refractivity contribution in [3.8, 4) is 0 Å². The van der Waals surface area contributed by atoms with Gasteiger partial charge in [0.05, 0.1) is 31.0 Å². The van der Waals surface area contributed by atoms with Crippen molar-refractivity contribution in [3.05, 3.63) is 36.5 Å². The van der Waals surface area contributed by atoms with Crippen molar-refractivity contribution in [2.75, 3.05) is 29.9 Å². The number of aromatic nitrogens is 4. The average Bonchev–Trinajstić information content (AvgIpc) is 3.16. The Morgan fingerprint density at radius 1 is 1.22 bits per heavy atom. The molecule has 0 aromatic carbocycles. The highest BCUT2D eigenvalue weighted by molar-refractivity contribution is 5.36. The van der Waals surface area contributed by atoms with Gasteiger partial charge in [-0.15, -0.1) is 0 Å². The molecular weight excluding hydrogens is 292 g/mol. The van der Waals surface area contributed by atoms with Crippen molar-refractivity contribution in [2.24, 2.45) is 0 Å². The molecule has 120 valence electrons. The molecule has 2 aromatic heterocycles. The Balaban J connectivity index is 1.40. The second-order valence-corrected chi connectivity index (χ2v) is 6.36. The Kier molecular flexibility index (Phi) is 3.57. The first-order chi connectivity index (χ1) is 11.2. The average molecular weight is 312 g/mol. The van der Waals surface area contributed by atoms with Crippen molar-refractivity contribution >= 4 is 11.8 Å². The summed E-state index contributed by atoms with van der Waals surface area (Å²) >= 11 is 0. The highest BCUT2D eigenvalue weighted by Crippen LogP contribution is 2.36. The van der Waals surface area contributed by atoms with Gasteiger partial charge in [0.1, 0.15) is 5.82 Å². The number of anilines is 2. The molecule has 0 saturated carbocycles. The molecule has 2 fully saturated rings. The maximum absolute atomic E-state index is 6.15. The fourth-order valence-corrected chi connectivity index (χ4v) is 3.37. The number of ether oxygens (including phenoxy) is 1. The van der Waals surface area contributed by atoms with Crippen LogP contribution in [-0.4, -0.2) is 51.3 Å². The minimum absolute atomic E-state index is 0.103. The maximum atomic E-state index is 6.15. The number of nitrogens with zero attached hydrogens (tertiary/aromatic N) is 5. The van der Waals surface area contributed by atoms with Crippen molar-refractivity contribution in [1.29, 1.82) is 0 Å². The van der Waals surface area contributed by atoms with Crippen LogP contribution in [-0.2, 0) is 4.74 Å². The van der Waals surface area contributed by atoms with Crippen LogP contribution in [0.25, 0.3) is 0 Å². The third kappa shape index (κ3) is 2.96. The molecule has 2 aliphatic rings. The van der Waals surface area contributed by atoms with Gasteiger partial charge < -0.3 is 15.0 Å². The van der Waals surface area contributed by atoms with Gasteiger partial charge in [0, 0.05) is 37.8 Å². The highest BCUT2D eigenvalue weighted by atomic mass is 16.5. The molecule has 0 amide bonds. The maximum Gasteiger partial charge on any atom is 0.225 e. The predicted molar refractivity (Wildman–Crippen MR) is 86.3 cm³/mol. The molecule has 4 rings (SSSR count). The van der Waals surface area contributed by atoms with Crippen LogP contribution in [0, 0.1) is 6.92 Å². The molecular formula is C16H20N6O. The van der Waals surface area contributed by atoms with Gasteiger partial charge in [-0.1, -0.05) is 0 Å².